The Morgan fingerprint density at radius 2 is 2.11 bits per heavy atom. The summed E-state index contributed by atoms with van der Waals surface area (Å²) in [4.78, 5) is 11.6. The molecule has 0 radical (unpaired) electrons. The number of hydrogen-bond donors (Lipinski definition) is 1. The molecule has 0 unspecified atom stereocenters. The maximum absolute atomic E-state index is 11.6. The van der Waals surface area contributed by atoms with Crippen LogP contribution in [0.3, 0.4) is 0 Å². The van der Waals surface area contributed by atoms with Crippen LogP contribution in [0.1, 0.15) is 5.69 Å². The van der Waals surface area contributed by atoms with Crippen molar-refractivity contribution >= 4 is 35.0 Å². The molecule has 0 fully saturated rings. The Morgan fingerprint density at radius 3 is 2.68 bits per heavy atom. The number of anilines is 1. The van der Waals surface area contributed by atoms with Crippen molar-refractivity contribution in [2.45, 2.75) is 6.92 Å². The van der Waals surface area contributed by atoms with Gasteiger partial charge in [-0.2, -0.15) is 0 Å². The van der Waals surface area contributed by atoms with Gasteiger partial charge in [0.05, 0.1) is 15.7 Å². The molecule has 0 aliphatic heterocycles. The molecule has 5 nitrogen and oxygen atoms in total. The van der Waals surface area contributed by atoms with E-state index in [0.29, 0.717) is 15.7 Å². The summed E-state index contributed by atoms with van der Waals surface area (Å²) in [6.07, 6.45) is 0. The highest BCUT2D eigenvalue weighted by molar-refractivity contribution is 6.37. The van der Waals surface area contributed by atoms with Crippen LogP contribution in [0.15, 0.2) is 28.8 Å². The van der Waals surface area contributed by atoms with Gasteiger partial charge in [-0.3, -0.25) is 10.1 Å². The van der Waals surface area contributed by atoms with E-state index in [9.17, 15) is 4.79 Å². The normalized spacial score (nSPS) is 10.3. The number of carbonyl (C=O) groups is 1. The summed E-state index contributed by atoms with van der Waals surface area (Å²) in [6, 6.07) is 6.54. The van der Waals surface area contributed by atoms with E-state index in [1.165, 1.54) is 0 Å². The quantitative estimate of drug-likeness (QED) is 0.941. The average molecular weight is 301 g/mol. The topological polar surface area (TPSA) is 64.4 Å². The Bertz CT molecular complexity index is 578. The number of nitrogens with zero attached hydrogens (tertiary/aromatic N) is 1. The van der Waals surface area contributed by atoms with Gasteiger partial charge in [-0.15, -0.1) is 0 Å². The van der Waals surface area contributed by atoms with Crippen LogP contribution < -0.4 is 10.1 Å². The van der Waals surface area contributed by atoms with Gasteiger partial charge in [-0.1, -0.05) is 34.4 Å². The molecule has 0 saturated carbocycles. The second kappa shape index (κ2) is 5.95. The van der Waals surface area contributed by atoms with E-state index >= 15 is 0 Å². The maximum atomic E-state index is 11.6. The number of hydrogen-bond acceptors (Lipinski definition) is 4. The van der Waals surface area contributed by atoms with Crippen molar-refractivity contribution in [2.24, 2.45) is 0 Å². The lowest BCUT2D eigenvalue weighted by Gasteiger charge is -2.08. The number of aromatic nitrogens is 1. The Balaban J connectivity index is 1.93. The van der Waals surface area contributed by atoms with Crippen molar-refractivity contribution in [1.29, 1.82) is 0 Å². The number of amides is 1. The largest absolute Gasteiger partial charge is 0.481 e. The van der Waals surface area contributed by atoms with E-state index in [2.05, 4.69) is 10.5 Å². The third-order valence-electron chi connectivity index (χ3n) is 2.16. The SMILES string of the molecule is Cc1cc(NC(=O)COc2c(Cl)cccc2Cl)on1. The maximum Gasteiger partial charge on any atom is 0.264 e. The second-order valence-electron chi connectivity index (χ2n) is 3.72. The Kier molecular flexibility index (Phi) is 4.29. The number of rotatable bonds is 4. The van der Waals surface area contributed by atoms with E-state index in [4.69, 9.17) is 32.5 Å². The van der Waals surface area contributed by atoms with Crippen LogP contribution in [-0.2, 0) is 4.79 Å². The molecule has 0 aliphatic carbocycles. The van der Waals surface area contributed by atoms with Gasteiger partial charge in [-0.05, 0) is 19.1 Å². The molecule has 0 bridgehead atoms. The molecule has 100 valence electrons. The number of benzene rings is 1. The summed E-state index contributed by atoms with van der Waals surface area (Å²) in [5, 5.41) is 6.82. The van der Waals surface area contributed by atoms with Gasteiger partial charge < -0.3 is 9.26 Å². The van der Waals surface area contributed by atoms with Crippen molar-refractivity contribution in [3.63, 3.8) is 0 Å². The lowest BCUT2D eigenvalue weighted by molar-refractivity contribution is -0.118. The van der Waals surface area contributed by atoms with E-state index in [1.54, 1.807) is 31.2 Å². The average Bonchev–Trinajstić information content (AvgIpc) is 2.74. The van der Waals surface area contributed by atoms with Gasteiger partial charge >= 0.3 is 0 Å². The fourth-order valence-corrected chi connectivity index (χ4v) is 1.86. The van der Waals surface area contributed by atoms with E-state index < -0.39 is 5.91 Å². The summed E-state index contributed by atoms with van der Waals surface area (Å²) in [5.41, 5.74) is 0.672. The Labute approximate surface area is 119 Å². The highest BCUT2D eigenvalue weighted by Crippen LogP contribution is 2.32. The Morgan fingerprint density at radius 1 is 1.42 bits per heavy atom. The smallest absolute Gasteiger partial charge is 0.264 e. The van der Waals surface area contributed by atoms with Gasteiger partial charge in [0.15, 0.2) is 12.4 Å². The third-order valence-corrected chi connectivity index (χ3v) is 2.75. The summed E-state index contributed by atoms with van der Waals surface area (Å²) >= 11 is 11.8. The number of halogens is 2. The van der Waals surface area contributed by atoms with E-state index in [0.717, 1.165) is 0 Å². The fourth-order valence-electron chi connectivity index (χ4n) is 1.35. The van der Waals surface area contributed by atoms with E-state index in [-0.39, 0.29) is 18.2 Å². The molecule has 1 aromatic carbocycles. The number of para-hydroxylation sites is 1. The zero-order valence-electron chi connectivity index (χ0n) is 9.94. The zero-order chi connectivity index (χ0) is 13.8. The van der Waals surface area contributed by atoms with Crippen molar-refractivity contribution in [3.05, 3.63) is 40.0 Å². The summed E-state index contributed by atoms with van der Waals surface area (Å²) in [5.74, 6) is 0.137. The zero-order valence-corrected chi connectivity index (χ0v) is 11.5. The van der Waals surface area contributed by atoms with Crippen molar-refractivity contribution in [2.75, 3.05) is 11.9 Å². The minimum absolute atomic E-state index is 0.233. The first-order valence-corrected chi connectivity index (χ1v) is 6.12. The molecule has 0 aliphatic rings. The molecule has 0 saturated heterocycles. The molecular formula is C12H10Cl2N2O3. The number of nitrogens with one attached hydrogen (secondary N) is 1. The predicted molar refractivity (Wildman–Crippen MR) is 71.8 cm³/mol. The molecule has 1 aromatic heterocycles. The standard InChI is InChI=1S/C12H10Cl2N2O3/c1-7-5-11(19-16-7)15-10(17)6-18-12-8(13)3-2-4-9(12)14/h2-5H,6H2,1H3,(H,15,17). The number of aryl methyl sites for hydroxylation is 1. The first-order valence-electron chi connectivity index (χ1n) is 5.36. The number of carbonyl (C=O) groups excluding carboxylic acids is 1. The highest BCUT2D eigenvalue weighted by Gasteiger charge is 2.11. The molecule has 7 heteroatoms. The lowest BCUT2D eigenvalue weighted by atomic mass is 10.3. The molecule has 1 amide bonds. The molecule has 19 heavy (non-hydrogen) atoms. The Hall–Kier alpha value is -1.72. The second-order valence-corrected chi connectivity index (χ2v) is 4.53. The van der Waals surface area contributed by atoms with Crippen LogP contribution in [0.2, 0.25) is 10.0 Å². The fraction of sp³-hybridized carbons (Fsp3) is 0.167. The molecule has 1 heterocycles. The molecule has 2 rings (SSSR count). The minimum Gasteiger partial charge on any atom is -0.481 e. The van der Waals surface area contributed by atoms with Crippen LogP contribution in [0.25, 0.3) is 0 Å². The molecular weight excluding hydrogens is 291 g/mol. The molecule has 1 N–H and O–H groups in total. The van der Waals surface area contributed by atoms with Gasteiger partial charge in [0, 0.05) is 6.07 Å². The summed E-state index contributed by atoms with van der Waals surface area (Å²) in [6.45, 7) is 1.52. The minimum atomic E-state index is -0.396. The van der Waals surface area contributed by atoms with Crippen LogP contribution in [0, 0.1) is 6.92 Å². The van der Waals surface area contributed by atoms with Crippen LogP contribution in [0.4, 0.5) is 5.88 Å². The third kappa shape index (κ3) is 3.62. The van der Waals surface area contributed by atoms with Crippen molar-refractivity contribution in [1.82, 2.24) is 5.16 Å². The monoisotopic (exact) mass is 300 g/mol. The van der Waals surface area contributed by atoms with E-state index in [1.807, 2.05) is 0 Å². The first-order chi connectivity index (χ1) is 9.06. The van der Waals surface area contributed by atoms with Gasteiger partial charge in [0.2, 0.25) is 5.88 Å². The number of ether oxygens (including phenoxy) is 1. The highest BCUT2D eigenvalue weighted by atomic mass is 35.5. The van der Waals surface area contributed by atoms with Crippen molar-refractivity contribution < 1.29 is 14.1 Å². The van der Waals surface area contributed by atoms with Crippen LogP contribution in [-0.4, -0.2) is 17.7 Å². The molecule has 2 aromatic rings. The van der Waals surface area contributed by atoms with Crippen LogP contribution >= 0.6 is 23.2 Å². The molecule has 0 atom stereocenters. The van der Waals surface area contributed by atoms with Gasteiger partial charge in [-0.25, -0.2) is 0 Å². The van der Waals surface area contributed by atoms with Gasteiger partial charge in [0.1, 0.15) is 0 Å². The van der Waals surface area contributed by atoms with Crippen molar-refractivity contribution in [3.8, 4) is 5.75 Å². The lowest BCUT2D eigenvalue weighted by Crippen LogP contribution is -2.20. The first kappa shape index (κ1) is 13.7. The summed E-state index contributed by atoms with van der Waals surface area (Å²) < 4.78 is 10.1. The molecule has 0 spiro atoms. The predicted octanol–water partition coefficient (Wildman–Crippen LogP) is 3.31. The van der Waals surface area contributed by atoms with Crippen LogP contribution in [0.5, 0.6) is 5.75 Å². The summed E-state index contributed by atoms with van der Waals surface area (Å²) in [7, 11) is 0. The van der Waals surface area contributed by atoms with Gasteiger partial charge in [0.25, 0.3) is 5.91 Å².